The SMILES string of the molecule is CC1CCCN(CCCNS(=O)(=O)c2ccc(S(C)(=O)=O)cc2)C1. The van der Waals surface area contributed by atoms with Crippen LogP contribution < -0.4 is 4.72 Å². The number of benzene rings is 1. The highest BCUT2D eigenvalue weighted by atomic mass is 32.2. The zero-order chi connectivity index (χ0) is 17.8. The van der Waals surface area contributed by atoms with Gasteiger partial charge in [0, 0.05) is 19.3 Å². The maximum Gasteiger partial charge on any atom is 0.240 e. The van der Waals surface area contributed by atoms with Gasteiger partial charge >= 0.3 is 0 Å². The van der Waals surface area contributed by atoms with Crippen molar-refractivity contribution in [3.8, 4) is 0 Å². The van der Waals surface area contributed by atoms with Crippen LogP contribution in [0.4, 0.5) is 0 Å². The van der Waals surface area contributed by atoms with E-state index in [2.05, 4.69) is 16.5 Å². The molecule has 0 aromatic heterocycles. The van der Waals surface area contributed by atoms with E-state index in [0.29, 0.717) is 12.5 Å². The molecule has 0 aliphatic carbocycles. The molecule has 0 bridgehead atoms. The minimum Gasteiger partial charge on any atom is -0.303 e. The van der Waals surface area contributed by atoms with Gasteiger partial charge in [0.25, 0.3) is 0 Å². The van der Waals surface area contributed by atoms with Crippen LogP contribution in [0.2, 0.25) is 0 Å². The first kappa shape index (κ1) is 19.4. The number of sulfonamides is 1. The van der Waals surface area contributed by atoms with Gasteiger partial charge in [-0.25, -0.2) is 21.6 Å². The first-order valence-electron chi connectivity index (χ1n) is 8.20. The van der Waals surface area contributed by atoms with Gasteiger partial charge in [0.1, 0.15) is 0 Å². The zero-order valence-corrected chi connectivity index (χ0v) is 15.9. The highest BCUT2D eigenvalue weighted by molar-refractivity contribution is 7.90. The minimum absolute atomic E-state index is 0.0847. The van der Waals surface area contributed by atoms with Crippen molar-refractivity contribution in [3.05, 3.63) is 24.3 Å². The van der Waals surface area contributed by atoms with Gasteiger partial charge in [-0.05, 0) is 62.5 Å². The number of likely N-dealkylation sites (tertiary alicyclic amines) is 1. The third-order valence-electron chi connectivity index (χ3n) is 4.25. The number of piperidine rings is 1. The molecule has 0 amide bonds. The minimum atomic E-state index is -3.60. The Bertz CT molecular complexity index is 743. The van der Waals surface area contributed by atoms with E-state index in [1.54, 1.807) is 0 Å². The molecular formula is C16H26N2O4S2. The lowest BCUT2D eigenvalue weighted by Gasteiger charge is -2.30. The Kier molecular flexibility index (Phi) is 6.41. The molecule has 0 saturated carbocycles. The van der Waals surface area contributed by atoms with Crippen molar-refractivity contribution in [2.75, 3.05) is 32.4 Å². The first-order valence-corrected chi connectivity index (χ1v) is 11.6. The number of hydrogen-bond acceptors (Lipinski definition) is 5. The maximum absolute atomic E-state index is 12.2. The van der Waals surface area contributed by atoms with Crippen LogP contribution in [0.1, 0.15) is 26.2 Å². The lowest BCUT2D eigenvalue weighted by molar-refractivity contribution is 0.182. The molecule has 6 nitrogen and oxygen atoms in total. The molecule has 0 radical (unpaired) electrons. The van der Waals surface area contributed by atoms with E-state index in [-0.39, 0.29) is 9.79 Å². The quantitative estimate of drug-likeness (QED) is 0.731. The molecule has 136 valence electrons. The monoisotopic (exact) mass is 374 g/mol. The molecule has 1 saturated heterocycles. The fourth-order valence-electron chi connectivity index (χ4n) is 2.95. The Morgan fingerprint density at radius 1 is 1.12 bits per heavy atom. The molecule has 0 spiro atoms. The van der Waals surface area contributed by atoms with Crippen LogP contribution in [0, 0.1) is 5.92 Å². The summed E-state index contributed by atoms with van der Waals surface area (Å²) >= 11 is 0. The van der Waals surface area contributed by atoms with Crippen LogP contribution >= 0.6 is 0 Å². The smallest absolute Gasteiger partial charge is 0.240 e. The Morgan fingerprint density at radius 2 is 1.75 bits per heavy atom. The molecular weight excluding hydrogens is 348 g/mol. The van der Waals surface area contributed by atoms with Gasteiger partial charge in [0.15, 0.2) is 9.84 Å². The van der Waals surface area contributed by atoms with Gasteiger partial charge in [0.05, 0.1) is 9.79 Å². The van der Waals surface area contributed by atoms with Crippen molar-refractivity contribution in [1.82, 2.24) is 9.62 Å². The summed E-state index contributed by atoms with van der Waals surface area (Å²) < 4.78 is 49.8. The normalized spacial score (nSPS) is 20.2. The number of nitrogens with zero attached hydrogens (tertiary/aromatic N) is 1. The first-order chi connectivity index (χ1) is 11.2. The van der Waals surface area contributed by atoms with Crippen molar-refractivity contribution in [1.29, 1.82) is 0 Å². The van der Waals surface area contributed by atoms with Crippen molar-refractivity contribution < 1.29 is 16.8 Å². The van der Waals surface area contributed by atoms with E-state index in [1.165, 1.54) is 37.1 Å². The van der Waals surface area contributed by atoms with Gasteiger partial charge in [-0.2, -0.15) is 0 Å². The number of sulfone groups is 1. The summed E-state index contributed by atoms with van der Waals surface area (Å²) in [6, 6.07) is 5.29. The molecule has 1 unspecified atom stereocenters. The molecule has 8 heteroatoms. The maximum atomic E-state index is 12.2. The standard InChI is InChI=1S/C16H26N2O4S2/c1-14-5-3-11-18(13-14)12-4-10-17-24(21,22)16-8-6-15(7-9-16)23(2,19)20/h6-9,14,17H,3-5,10-13H2,1-2H3. The number of rotatable bonds is 7. The summed E-state index contributed by atoms with van der Waals surface area (Å²) in [6.07, 6.45) is 4.33. The molecule has 1 fully saturated rings. The molecule has 1 heterocycles. The number of nitrogens with one attached hydrogen (secondary N) is 1. The van der Waals surface area contributed by atoms with Gasteiger partial charge in [-0.3, -0.25) is 0 Å². The predicted octanol–water partition coefficient (Wildman–Crippen LogP) is 1.49. The van der Waals surface area contributed by atoms with Crippen molar-refractivity contribution in [2.45, 2.75) is 36.0 Å². The lowest BCUT2D eigenvalue weighted by Crippen LogP contribution is -2.36. The van der Waals surface area contributed by atoms with Crippen LogP contribution in [-0.2, 0) is 19.9 Å². The average Bonchev–Trinajstić information content (AvgIpc) is 2.51. The summed E-state index contributed by atoms with van der Waals surface area (Å²) in [5.74, 6) is 0.712. The van der Waals surface area contributed by atoms with E-state index in [0.717, 1.165) is 32.3 Å². The van der Waals surface area contributed by atoms with Crippen LogP contribution in [0.5, 0.6) is 0 Å². The Hall–Kier alpha value is -0.960. The van der Waals surface area contributed by atoms with E-state index >= 15 is 0 Å². The fraction of sp³-hybridized carbons (Fsp3) is 0.625. The second-order valence-electron chi connectivity index (χ2n) is 6.54. The third kappa shape index (κ3) is 5.54. The van der Waals surface area contributed by atoms with Crippen LogP contribution in [0.15, 0.2) is 34.1 Å². The van der Waals surface area contributed by atoms with E-state index in [9.17, 15) is 16.8 Å². The second-order valence-corrected chi connectivity index (χ2v) is 10.3. The molecule has 1 aliphatic rings. The van der Waals surface area contributed by atoms with Gasteiger partial charge in [-0.1, -0.05) is 6.92 Å². The number of hydrogen-bond donors (Lipinski definition) is 1. The average molecular weight is 375 g/mol. The third-order valence-corrected chi connectivity index (χ3v) is 6.85. The second kappa shape index (κ2) is 7.95. The molecule has 1 atom stereocenters. The Labute approximate surface area is 145 Å². The topological polar surface area (TPSA) is 83.6 Å². The molecule has 2 rings (SSSR count). The fourth-order valence-corrected chi connectivity index (χ4v) is 4.65. The molecule has 1 aromatic carbocycles. The molecule has 1 aliphatic heterocycles. The van der Waals surface area contributed by atoms with E-state index < -0.39 is 19.9 Å². The summed E-state index contributed by atoms with van der Waals surface area (Å²) in [6.45, 7) is 5.68. The largest absolute Gasteiger partial charge is 0.303 e. The zero-order valence-electron chi connectivity index (χ0n) is 14.2. The molecule has 1 N–H and O–H groups in total. The van der Waals surface area contributed by atoms with E-state index in [1.807, 2.05) is 0 Å². The van der Waals surface area contributed by atoms with Crippen LogP contribution in [0.25, 0.3) is 0 Å². The molecule has 24 heavy (non-hydrogen) atoms. The predicted molar refractivity (Wildman–Crippen MR) is 94.2 cm³/mol. The highest BCUT2D eigenvalue weighted by Gasteiger charge is 2.17. The lowest BCUT2D eigenvalue weighted by atomic mass is 10.0. The summed E-state index contributed by atoms with van der Waals surface area (Å²) in [7, 11) is -6.92. The highest BCUT2D eigenvalue weighted by Crippen LogP contribution is 2.16. The Morgan fingerprint density at radius 3 is 2.33 bits per heavy atom. The Balaban J connectivity index is 1.85. The van der Waals surface area contributed by atoms with Gasteiger partial charge in [0.2, 0.25) is 10.0 Å². The van der Waals surface area contributed by atoms with Crippen LogP contribution in [-0.4, -0.2) is 54.2 Å². The van der Waals surface area contributed by atoms with Crippen molar-refractivity contribution >= 4 is 19.9 Å². The van der Waals surface area contributed by atoms with Gasteiger partial charge < -0.3 is 4.90 Å². The van der Waals surface area contributed by atoms with E-state index in [4.69, 9.17) is 0 Å². The van der Waals surface area contributed by atoms with Crippen LogP contribution in [0.3, 0.4) is 0 Å². The van der Waals surface area contributed by atoms with Gasteiger partial charge in [-0.15, -0.1) is 0 Å². The summed E-state index contributed by atoms with van der Waals surface area (Å²) in [5, 5.41) is 0. The summed E-state index contributed by atoms with van der Waals surface area (Å²) in [4.78, 5) is 2.57. The molecule has 1 aromatic rings. The summed E-state index contributed by atoms with van der Waals surface area (Å²) in [5.41, 5.74) is 0. The van der Waals surface area contributed by atoms with Crippen molar-refractivity contribution in [2.24, 2.45) is 5.92 Å². The van der Waals surface area contributed by atoms with Crippen molar-refractivity contribution in [3.63, 3.8) is 0 Å².